The highest BCUT2D eigenvalue weighted by Crippen LogP contribution is 2.49. The molecule has 2 aromatic heterocycles. The minimum absolute atomic E-state index is 0.112. The summed E-state index contributed by atoms with van der Waals surface area (Å²) in [6.07, 6.45) is 6.66. The third-order valence-corrected chi connectivity index (χ3v) is 7.34. The van der Waals surface area contributed by atoms with Gasteiger partial charge in [0.15, 0.2) is 0 Å². The van der Waals surface area contributed by atoms with Gasteiger partial charge >= 0.3 is 0 Å². The summed E-state index contributed by atoms with van der Waals surface area (Å²) in [5.74, 6) is -4.66. The standard InChI is InChI=1S/C28H27ClFN5O4/c29-17-8-11-21(31-16-17)33-27(38)24-23(25(24)28(39)34-12-4-1-2-5-13-34)26(37)32-20-10-9-18(15-19(20)30)35-14-6-3-7-22(35)36/h3,6-11,14-16,23-25H,1-2,4-5,12-13H2,(H,32,37)(H,31,33,38)/t23-,24+,25+/m0/s1. The average molecular weight is 552 g/mol. The number of carbonyl (C=O) groups excluding carboxylic acids is 3. The molecule has 2 aliphatic rings. The highest BCUT2D eigenvalue weighted by molar-refractivity contribution is 6.30. The number of nitrogens with zero attached hydrogens (tertiary/aromatic N) is 3. The number of halogens is 2. The Labute approximate surface area is 229 Å². The van der Waals surface area contributed by atoms with E-state index in [1.54, 1.807) is 23.1 Å². The van der Waals surface area contributed by atoms with Gasteiger partial charge in [0, 0.05) is 37.6 Å². The Morgan fingerprint density at radius 3 is 2.26 bits per heavy atom. The zero-order chi connectivity index (χ0) is 27.5. The summed E-state index contributed by atoms with van der Waals surface area (Å²) in [5.41, 5.74) is -0.144. The average Bonchev–Trinajstić information content (AvgIpc) is 3.72. The molecule has 1 saturated carbocycles. The topological polar surface area (TPSA) is 113 Å². The third kappa shape index (κ3) is 5.85. The van der Waals surface area contributed by atoms with E-state index in [9.17, 15) is 23.6 Å². The molecule has 0 radical (unpaired) electrons. The molecule has 1 saturated heterocycles. The van der Waals surface area contributed by atoms with Gasteiger partial charge < -0.3 is 15.5 Å². The molecule has 1 aliphatic carbocycles. The first-order chi connectivity index (χ1) is 18.8. The highest BCUT2D eigenvalue weighted by atomic mass is 35.5. The second-order valence-corrected chi connectivity index (χ2v) is 10.2. The van der Waals surface area contributed by atoms with Gasteiger partial charge in [-0.25, -0.2) is 9.37 Å². The molecule has 39 heavy (non-hydrogen) atoms. The van der Waals surface area contributed by atoms with Crippen molar-refractivity contribution in [2.24, 2.45) is 17.8 Å². The quantitative estimate of drug-likeness (QED) is 0.483. The second kappa shape index (κ2) is 11.4. The third-order valence-electron chi connectivity index (χ3n) is 7.12. The van der Waals surface area contributed by atoms with Crippen LogP contribution in [0.1, 0.15) is 25.7 Å². The summed E-state index contributed by atoms with van der Waals surface area (Å²) >= 11 is 5.87. The first kappa shape index (κ1) is 26.6. The van der Waals surface area contributed by atoms with Crippen molar-refractivity contribution in [2.75, 3.05) is 23.7 Å². The molecule has 0 spiro atoms. The van der Waals surface area contributed by atoms with Crippen molar-refractivity contribution in [1.82, 2.24) is 14.5 Å². The molecular formula is C28H27ClFN5O4. The van der Waals surface area contributed by atoms with Gasteiger partial charge in [-0.3, -0.25) is 23.7 Å². The van der Waals surface area contributed by atoms with Crippen LogP contribution in [0.15, 0.2) is 65.7 Å². The molecule has 202 valence electrons. The van der Waals surface area contributed by atoms with Crippen molar-refractivity contribution < 1.29 is 18.8 Å². The van der Waals surface area contributed by atoms with Crippen molar-refractivity contribution >= 4 is 40.8 Å². The van der Waals surface area contributed by atoms with E-state index in [0.29, 0.717) is 23.8 Å². The van der Waals surface area contributed by atoms with E-state index >= 15 is 0 Å². The molecule has 11 heteroatoms. The lowest BCUT2D eigenvalue weighted by Crippen LogP contribution is -2.35. The predicted molar refractivity (Wildman–Crippen MR) is 144 cm³/mol. The smallest absolute Gasteiger partial charge is 0.255 e. The largest absolute Gasteiger partial charge is 0.342 e. The molecular weight excluding hydrogens is 525 g/mol. The molecule has 9 nitrogen and oxygen atoms in total. The van der Waals surface area contributed by atoms with E-state index in [2.05, 4.69) is 15.6 Å². The van der Waals surface area contributed by atoms with Gasteiger partial charge in [-0.05, 0) is 43.2 Å². The van der Waals surface area contributed by atoms with E-state index in [-0.39, 0.29) is 23.0 Å². The Kier molecular flexibility index (Phi) is 7.74. The zero-order valence-corrected chi connectivity index (χ0v) is 21.7. The van der Waals surface area contributed by atoms with Crippen LogP contribution >= 0.6 is 11.6 Å². The monoisotopic (exact) mass is 551 g/mol. The maximum absolute atomic E-state index is 15.0. The van der Waals surface area contributed by atoms with E-state index < -0.39 is 35.4 Å². The molecule has 3 atom stereocenters. The Bertz CT molecular complexity index is 1450. The number of benzene rings is 1. The van der Waals surface area contributed by atoms with Crippen molar-refractivity contribution in [3.8, 4) is 5.69 Å². The molecule has 5 rings (SSSR count). The number of nitrogens with one attached hydrogen (secondary N) is 2. The number of carbonyl (C=O) groups is 3. The van der Waals surface area contributed by atoms with Crippen molar-refractivity contribution in [1.29, 1.82) is 0 Å². The van der Waals surface area contributed by atoms with Crippen LogP contribution in [0.25, 0.3) is 5.69 Å². The maximum Gasteiger partial charge on any atom is 0.255 e. The summed E-state index contributed by atoms with van der Waals surface area (Å²) in [4.78, 5) is 57.7. The lowest BCUT2D eigenvalue weighted by molar-refractivity contribution is -0.134. The number of likely N-dealkylation sites (tertiary alicyclic amines) is 1. The fraction of sp³-hybridized carbons (Fsp3) is 0.321. The van der Waals surface area contributed by atoms with Crippen LogP contribution < -0.4 is 16.2 Å². The van der Waals surface area contributed by atoms with Crippen LogP contribution in [0.3, 0.4) is 0 Å². The summed E-state index contributed by atoms with van der Waals surface area (Å²) in [5, 5.41) is 5.59. The SMILES string of the molecule is O=C(Nc1ccc(Cl)cn1)[C@@H]1[C@H](C(=O)Nc2ccc(-n3ccccc3=O)cc2F)[C@H]1C(=O)N1CCCCCC1. The Balaban J connectivity index is 1.35. The summed E-state index contributed by atoms with van der Waals surface area (Å²) < 4.78 is 16.2. The molecule has 2 N–H and O–H groups in total. The normalized spacial score (nSPS) is 20.6. The van der Waals surface area contributed by atoms with Gasteiger partial charge in [0.1, 0.15) is 11.6 Å². The number of aromatic nitrogens is 2. The summed E-state index contributed by atoms with van der Waals surface area (Å²) in [7, 11) is 0. The lowest BCUT2D eigenvalue weighted by Gasteiger charge is -2.20. The fourth-order valence-corrected chi connectivity index (χ4v) is 5.16. The van der Waals surface area contributed by atoms with Gasteiger partial charge in [-0.1, -0.05) is 30.5 Å². The molecule has 1 aliphatic heterocycles. The van der Waals surface area contributed by atoms with Crippen LogP contribution in [-0.4, -0.2) is 45.3 Å². The molecule has 3 amide bonds. The van der Waals surface area contributed by atoms with Gasteiger partial charge in [-0.15, -0.1) is 0 Å². The number of amides is 3. The van der Waals surface area contributed by atoms with Crippen molar-refractivity contribution in [3.63, 3.8) is 0 Å². The van der Waals surface area contributed by atoms with Crippen LogP contribution in [-0.2, 0) is 14.4 Å². The number of hydrogen-bond acceptors (Lipinski definition) is 5. The molecule has 3 heterocycles. The molecule has 0 bridgehead atoms. The molecule has 0 unspecified atom stereocenters. The van der Waals surface area contributed by atoms with Gasteiger partial charge in [0.2, 0.25) is 17.7 Å². The minimum atomic E-state index is -0.969. The van der Waals surface area contributed by atoms with E-state index in [0.717, 1.165) is 31.7 Å². The Morgan fingerprint density at radius 2 is 1.62 bits per heavy atom. The first-order valence-corrected chi connectivity index (χ1v) is 13.2. The summed E-state index contributed by atoms with van der Waals surface area (Å²) in [6.45, 7) is 1.15. The molecule has 1 aromatic carbocycles. The van der Waals surface area contributed by atoms with Crippen LogP contribution in [0, 0.1) is 23.6 Å². The first-order valence-electron chi connectivity index (χ1n) is 12.8. The number of pyridine rings is 2. The lowest BCUT2D eigenvalue weighted by atomic mass is 10.2. The minimum Gasteiger partial charge on any atom is -0.342 e. The van der Waals surface area contributed by atoms with Crippen molar-refractivity contribution in [3.05, 3.63) is 82.1 Å². The number of hydrogen-bond donors (Lipinski definition) is 2. The van der Waals surface area contributed by atoms with Crippen molar-refractivity contribution in [2.45, 2.75) is 25.7 Å². The van der Waals surface area contributed by atoms with Gasteiger partial charge in [0.25, 0.3) is 5.56 Å². The highest BCUT2D eigenvalue weighted by Gasteiger charge is 2.63. The van der Waals surface area contributed by atoms with Gasteiger partial charge in [0.05, 0.1) is 34.2 Å². The fourth-order valence-electron chi connectivity index (χ4n) is 5.04. The van der Waals surface area contributed by atoms with E-state index in [1.165, 1.54) is 41.2 Å². The van der Waals surface area contributed by atoms with Crippen LogP contribution in [0.4, 0.5) is 15.9 Å². The second-order valence-electron chi connectivity index (χ2n) is 9.73. The van der Waals surface area contributed by atoms with Gasteiger partial charge in [-0.2, -0.15) is 0 Å². The Hall–Kier alpha value is -4.05. The molecule has 2 fully saturated rings. The number of anilines is 2. The Morgan fingerprint density at radius 1 is 0.897 bits per heavy atom. The zero-order valence-electron chi connectivity index (χ0n) is 21.0. The van der Waals surface area contributed by atoms with E-state index in [4.69, 9.17) is 11.6 Å². The predicted octanol–water partition coefficient (Wildman–Crippen LogP) is 3.87. The summed E-state index contributed by atoms with van der Waals surface area (Å²) in [6, 6.07) is 11.7. The molecule has 3 aromatic rings. The van der Waals surface area contributed by atoms with E-state index in [1.807, 2.05) is 0 Å². The van der Waals surface area contributed by atoms with Crippen LogP contribution in [0.2, 0.25) is 5.02 Å². The maximum atomic E-state index is 15.0. The van der Waals surface area contributed by atoms with Crippen LogP contribution in [0.5, 0.6) is 0 Å². The number of rotatable bonds is 6.